The Hall–Kier alpha value is -3.20. The number of aryl methyl sites for hydroxylation is 2. The number of aromatic nitrogens is 1. The van der Waals surface area contributed by atoms with Gasteiger partial charge in [0.1, 0.15) is 5.82 Å². The molecule has 9 heteroatoms. The van der Waals surface area contributed by atoms with Crippen molar-refractivity contribution in [3.8, 4) is 11.1 Å². The molecule has 1 aromatic heterocycles. The first-order chi connectivity index (χ1) is 13.7. The Balaban J connectivity index is 2.06. The number of sulfonamides is 1. The van der Waals surface area contributed by atoms with E-state index in [-0.39, 0.29) is 22.4 Å². The minimum Gasteiger partial charge on any atom is -0.337 e. The van der Waals surface area contributed by atoms with Crippen LogP contribution in [0.4, 0.5) is 16.0 Å². The lowest BCUT2D eigenvalue weighted by Gasteiger charge is -2.12. The maximum absolute atomic E-state index is 13.1. The quantitative estimate of drug-likeness (QED) is 0.628. The van der Waals surface area contributed by atoms with Crippen LogP contribution in [-0.4, -0.2) is 19.5 Å². The predicted octanol–water partition coefficient (Wildman–Crippen LogP) is 4.11. The molecule has 0 fully saturated rings. The summed E-state index contributed by atoms with van der Waals surface area (Å²) in [6, 6.07) is 9.93. The van der Waals surface area contributed by atoms with E-state index in [0.29, 0.717) is 28.8 Å². The van der Waals surface area contributed by atoms with E-state index in [2.05, 4.69) is 15.2 Å². The van der Waals surface area contributed by atoms with Gasteiger partial charge < -0.3 is 4.52 Å². The van der Waals surface area contributed by atoms with Crippen molar-refractivity contribution in [1.82, 2.24) is 5.16 Å². The second-order valence-corrected chi connectivity index (χ2v) is 8.11. The highest BCUT2D eigenvalue weighted by Gasteiger charge is 2.22. The minimum absolute atomic E-state index is 0.0522. The number of hydrogen-bond acceptors (Lipinski definition) is 5. The lowest BCUT2D eigenvalue weighted by Crippen LogP contribution is -2.14. The Morgan fingerprint density at radius 2 is 1.86 bits per heavy atom. The van der Waals surface area contributed by atoms with Gasteiger partial charge in [0.05, 0.1) is 16.2 Å². The van der Waals surface area contributed by atoms with Crippen LogP contribution in [0, 0.1) is 12.7 Å². The molecule has 7 nitrogen and oxygen atoms in total. The zero-order valence-corrected chi connectivity index (χ0v) is 16.9. The Morgan fingerprint density at radius 1 is 1.17 bits per heavy atom. The van der Waals surface area contributed by atoms with Crippen LogP contribution in [0.15, 0.2) is 51.9 Å². The molecule has 0 aliphatic heterocycles. The molecule has 0 saturated heterocycles. The zero-order chi connectivity index (χ0) is 21.2. The molecule has 0 unspecified atom stereocenters. The summed E-state index contributed by atoms with van der Waals surface area (Å²) in [5.74, 6) is -0.632. The average molecular weight is 417 g/mol. The molecule has 0 atom stereocenters. The maximum Gasteiger partial charge on any atom is 0.262 e. The Bertz CT molecular complexity index is 1150. The van der Waals surface area contributed by atoms with E-state index >= 15 is 0 Å². The Kier molecular flexibility index (Phi) is 5.69. The number of nitrogens with one attached hydrogen (secondary N) is 2. The number of carbonyl (C=O) groups is 1. The normalized spacial score (nSPS) is 11.3. The third-order valence-corrected chi connectivity index (χ3v) is 5.77. The number of hydrogen-bond donors (Lipinski definition) is 2. The van der Waals surface area contributed by atoms with Crippen molar-refractivity contribution >= 4 is 27.5 Å². The summed E-state index contributed by atoms with van der Waals surface area (Å²) < 4.78 is 46.6. The fraction of sp³-hybridized carbons (Fsp3) is 0.200. The first-order valence-corrected chi connectivity index (χ1v) is 10.3. The van der Waals surface area contributed by atoms with Gasteiger partial charge in [0.25, 0.3) is 10.0 Å². The molecule has 0 spiro atoms. The van der Waals surface area contributed by atoms with Crippen molar-refractivity contribution < 1.29 is 22.1 Å². The maximum atomic E-state index is 13.1. The van der Waals surface area contributed by atoms with Crippen LogP contribution in [0.1, 0.15) is 25.1 Å². The van der Waals surface area contributed by atoms with Gasteiger partial charge in [-0.3, -0.25) is 14.8 Å². The van der Waals surface area contributed by atoms with E-state index in [0.717, 1.165) is 0 Å². The molecule has 0 bridgehead atoms. The molecule has 2 N–H and O–H groups in total. The second kappa shape index (κ2) is 8.04. The van der Waals surface area contributed by atoms with Crippen LogP contribution in [0.2, 0.25) is 0 Å². The van der Waals surface area contributed by atoms with Crippen molar-refractivity contribution in [1.29, 1.82) is 0 Å². The minimum atomic E-state index is -3.94. The molecule has 0 saturated carbocycles. The highest BCUT2D eigenvalue weighted by Crippen LogP contribution is 2.34. The summed E-state index contributed by atoms with van der Waals surface area (Å²) in [7, 11) is -3.94. The van der Waals surface area contributed by atoms with Crippen LogP contribution < -0.4 is 10.0 Å². The van der Waals surface area contributed by atoms with Gasteiger partial charge in [-0.05, 0) is 54.8 Å². The first kappa shape index (κ1) is 20.5. The molecule has 0 aliphatic carbocycles. The monoisotopic (exact) mass is 417 g/mol. The van der Waals surface area contributed by atoms with Crippen molar-refractivity contribution in [3.05, 3.63) is 59.5 Å². The summed E-state index contributed by atoms with van der Waals surface area (Å²) in [4.78, 5) is 11.5. The fourth-order valence-corrected chi connectivity index (χ4v) is 4.21. The highest BCUT2D eigenvalue weighted by molar-refractivity contribution is 7.92. The van der Waals surface area contributed by atoms with Gasteiger partial charge in [0, 0.05) is 12.6 Å². The lowest BCUT2D eigenvalue weighted by atomic mass is 10.0. The predicted molar refractivity (Wildman–Crippen MR) is 108 cm³/mol. The largest absolute Gasteiger partial charge is 0.337 e. The third-order valence-electron chi connectivity index (χ3n) is 4.25. The van der Waals surface area contributed by atoms with Gasteiger partial charge in [-0.25, -0.2) is 12.8 Å². The van der Waals surface area contributed by atoms with Gasteiger partial charge in [0.15, 0.2) is 0 Å². The molecule has 3 aromatic rings. The van der Waals surface area contributed by atoms with Gasteiger partial charge in [0.2, 0.25) is 11.8 Å². The van der Waals surface area contributed by atoms with E-state index in [1.807, 2.05) is 6.92 Å². The number of anilines is 2. The third kappa shape index (κ3) is 4.45. The lowest BCUT2D eigenvalue weighted by molar-refractivity contribution is -0.114. The van der Waals surface area contributed by atoms with Crippen LogP contribution in [0.5, 0.6) is 0 Å². The van der Waals surface area contributed by atoms with E-state index in [9.17, 15) is 17.6 Å². The highest BCUT2D eigenvalue weighted by atomic mass is 32.2. The molecule has 1 heterocycles. The molecule has 0 aliphatic rings. The summed E-state index contributed by atoms with van der Waals surface area (Å²) >= 11 is 0. The number of benzene rings is 2. The summed E-state index contributed by atoms with van der Waals surface area (Å²) in [5, 5.41) is 6.54. The number of halogens is 1. The second-order valence-electron chi connectivity index (χ2n) is 6.46. The Labute approximate surface area is 168 Å². The fourth-order valence-electron chi connectivity index (χ4n) is 2.88. The number of nitrogens with zero attached hydrogens (tertiary/aromatic N) is 1. The summed E-state index contributed by atoms with van der Waals surface area (Å²) in [5.41, 5.74) is 2.43. The molecule has 29 heavy (non-hydrogen) atoms. The number of rotatable bonds is 6. The summed E-state index contributed by atoms with van der Waals surface area (Å²) in [6.07, 6.45) is 0.530. The van der Waals surface area contributed by atoms with Gasteiger partial charge in [-0.2, -0.15) is 0 Å². The molecule has 0 radical (unpaired) electrons. The van der Waals surface area contributed by atoms with Crippen molar-refractivity contribution in [2.24, 2.45) is 0 Å². The standard InChI is InChI=1S/C20H20FN3O4S/c1-4-17-19(20(28-23-17)22-13(3)25)14-6-5-12(2)18(11-14)29(26,27)24-16-9-7-15(21)8-10-16/h5-11,24H,4H2,1-3H3,(H,22,25). The SMILES string of the molecule is CCc1noc(NC(C)=O)c1-c1ccc(C)c(S(=O)(=O)Nc2ccc(F)cc2)c1. The van der Waals surface area contributed by atoms with Crippen LogP contribution in [-0.2, 0) is 21.2 Å². The zero-order valence-electron chi connectivity index (χ0n) is 16.1. The molecule has 1 amide bonds. The first-order valence-electron chi connectivity index (χ1n) is 8.87. The van der Waals surface area contributed by atoms with Crippen LogP contribution in [0.25, 0.3) is 11.1 Å². The summed E-state index contributed by atoms with van der Waals surface area (Å²) in [6.45, 7) is 4.89. The van der Waals surface area contributed by atoms with E-state index in [4.69, 9.17) is 4.52 Å². The number of carbonyl (C=O) groups excluding carboxylic acids is 1. The van der Waals surface area contributed by atoms with Crippen molar-refractivity contribution in [3.63, 3.8) is 0 Å². The van der Waals surface area contributed by atoms with Gasteiger partial charge in [-0.15, -0.1) is 0 Å². The molecular weight excluding hydrogens is 397 g/mol. The Morgan fingerprint density at radius 3 is 2.48 bits per heavy atom. The van der Waals surface area contributed by atoms with E-state index in [1.54, 1.807) is 19.1 Å². The topological polar surface area (TPSA) is 101 Å². The molecule has 2 aromatic carbocycles. The van der Waals surface area contributed by atoms with Gasteiger partial charge >= 0.3 is 0 Å². The van der Waals surface area contributed by atoms with E-state index in [1.165, 1.54) is 37.3 Å². The van der Waals surface area contributed by atoms with Gasteiger partial charge in [-0.1, -0.05) is 24.2 Å². The molecule has 3 rings (SSSR count). The molecular formula is C20H20FN3O4S. The van der Waals surface area contributed by atoms with Crippen LogP contribution in [0.3, 0.4) is 0 Å². The smallest absolute Gasteiger partial charge is 0.262 e. The van der Waals surface area contributed by atoms with E-state index < -0.39 is 15.8 Å². The average Bonchev–Trinajstić information content (AvgIpc) is 3.05. The van der Waals surface area contributed by atoms with Crippen LogP contribution >= 0.6 is 0 Å². The van der Waals surface area contributed by atoms with Crippen molar-refractivity contribution in [2.45, 2.75) is 32.1 Å². The van der Waals surface area contributed by atoms with Crippen molar-refractivity contribution in [2.75, 3.05) is 10.0 Å². The number of amides is 1. The molecule has 152 valence electrons.